The van der Waals surface area contributed by atoms with Crippen LogP contribution in [0, 0.1) is 17.3 Å². The van der Waals surface area contributed by atoms with Crippen LogP contribution in [-0.2, 0) is 46.2 Å². The molecule has 0 bridgehead atoms. The Bertz CT molecular complexity index is 1540. The maximum absolute atomic E-state index is 13.7. The molecular formula is C38H49ClN2O9. The predicted molar refractivity (Wildman–Crippen MR) is 187 cm³/mol. The van der Waals surface area contributed by atoms with E-state index < -0.39 is 47.4 Å². The third-order valence-corrected chi connectivity index (χ3v) is 9.28. The number of epoxide rings is 1. The number of nitrogens with one attached hydrogen (secondary N) is 2. The van der Waals surface area contributed by atoms with E-state index in [1.54, 1.807) is 38.1 Å². The first-order valence-corrected chi connectivity index (χ1v) is 17.4. The SMILES string of the molecule is COc1ccc(C[C@H]2NC(=O)/C=C/C[C@@H]([C@H](C)[C@H]3O[C@@H]3c3ccc(CCO)cc3)OC(=O)[C@H](CC(C)C)OC(=O)C(C)(C)CNC2=O)cc1Cl. The Morgan fingerprint density at radius 3 is 2.36 bits per heavy atom. The van der Waals surface area contributed by atoms with Crippen LogP contribution in [0.2, 0.25) is 5.02 Å². The van der Waals surface area contributed by atoms with Gasteiger partial charge in [-0.25, -0.2) is 4.79 Å². The lowest BCUT2D eigenvalue weighted by Gasteiger charge is -2.29. The number of hydrogen-bond acceptors (Lipinski definition) is 9. The number of ether oxygens (including phenoxy) is 4. The normalized spacial score (nSPS) is 25.9. The summed E-state index contributed by atoms with van der Waals surface area (Å²) in [6.07, 6.45) is 1.64. The van der Waals surface area contributed by atoms with Crippen LogP contribution in [0.25, 0.3) is 0 Å². The Hall–Kier alpha value is -3.93. The molecule has 3 N–H and O–H groups in total. The number of rotatable bonds is 10. The van der Waals surface area contributed by atoms with Crippen LogP contribution in [0.3, 0.4) is 0 Å². The highest BCUT2D eigenvalue weighted by Gasteiger charge is 2.48. The summed E-state index contributed by atoms with van der Waals surface area (Å²) >= 11 is 6.33. The van der Waals surface area contributed by atoms with Crippen molar-refractivity contribution in [1.82, 2.24) is 10.6 Å². The second kappa shape index (κ2) is 17.3. The average molecular weight is 713 g/mol. The monoisotopic (exact) mass is 712 g/mol. The van der Waals surface area contributed by atoms with E-state index in [-0.39, 0.29) is 56.5 Å². The summed E-state index contributed by atoms with van der Waals surface area (Å²) in [5.41, 5.74) is 1.45. The summed E-state index contributed by atoms with van der Waals surface area (Å²) in [5.74, 6) is -2.19. The molecule has 2 amide bonds. The molecule has 0 saturated carbocycles. The van der Waals surface area contributed by atoms with Gasteiger partial charge >= 0.3 is 11.9 Å². The van der Waals surface area contributed by atoms with E-state index in [1.807, 2.05) is 45.0 Å². The number of carbonyl (C=O) groups is 4. The molecule has 1 saturated heterocycles. The molecular weight excluding hydrogens is 664 g/mol. The third-order valence-electron chi connectivity index (χ3n) is 8.99. The van der Waals surface area contributed by atoms with Gasteiger partial charge in [-0.05, 0) is 67.5 Å². The van der Waals surface area contributed by atoms with Crippen molar-refractivity contribution in [3.63, 3.8) is 0 Å². The van der Waals surface area contributed by atoms with E-state index in [4.69, 9.17) is 30.5 Å². The molecule has 4 rings (SSSR count). The second-order valence-electron chi connectivity index (χ2n) is 14.1. The minimum Gasteiger partial charge on any atom is -0.495 e. The van der Waals surface area contributed by atoms with E-state index >= 15 is 0 Å². The lowest BCUT2D eigenvalue weighted by atomic mass is 9.92. The van der Waals surface area contributed by atoms with Crippen molar-refractivity contribution in [2.45, 2.75) is 90.8 Å². The molecule has 0 radical (unpaired) electrons. The van der Waals surface area contributed by atoms with Crippen molar-refractivity contribution >= 4 is 35.4 Å². The first kappa shape index (κ1) is 38.9. The molecule has 2 aliphatic rings. The summed E-state index contributed by atoms with van der Waals surface area (Å²) in [6, 6.07) is 11.9. The van der Waals surface area contributed by atoms with E-state index in [1.165, 1.54) is 13.2 Å². The standard InChI is InChI=1S/C38H49ClN2O9/c1-22(2)18-31-36(45)48-29(23(3)33-34(50-33)26-13-10-24(11-14-26)16-17-42)8-7-9-32(43)41-28(20-25-12-15-30(47-6)27(39)19-25)35(44)40-21-38(4,5)37(46)49-31/h7,9-15,19,22-23,28-29,31,33-34,42H,8,16-18,20-21H2,1-6H3,(H,40,44)(H,41,43)/b9-7+/t23-,28+,29-,31-,33+,34+/m0/s1. The number of halogens is 1. The summed E-state index contributed by atoms with van der Waals surface area (Å²) in [7, 11) is 1.50. The Kier molecular flexibility index (Phi) is 13.5. The topological polar surface area (TPSA) is 153 Å². The number of aliphatic hydroxyl groups excluding tert-OH is 1. The number of carbonyl (C=O) groups excluding carboxylic acids is 4. The minimum absolute atomic E-state index is 0.00499. The van der Waals surface area contributed by atoms with Crippen molar-refractivity contribution in [2.24, 2.45) is 17.3 Å². The second-order valence-corrected chi connectivity index (χ2v) is 14.5. The first-order valence-electron chi connectivity index (χ1n) is 17.1. The number of hydrogen-bond donors (Lipinski definition) is 3. The van der Waals surface area contributed by atoms with Crippen LogP contribution < -0.4 is 15.4 Å². The van der Waals surface area contributed by atoms with E-state index in [0.29, 0.717) is 22.8 Å². The zero-order valence-corrected chi connectivity index (χ0v) is 30.3. The van der Waals surface area contributed by atoms with Gasteiger partial charge in [0.2, 0.25) is 11.8 Å². The molecule has 0 spiro atoms. The van der Waals surface area contributed by atoms with E-state index in [0.717, 1.165) is 11.1 Å². The van der Waals surface area contributed by atoms with Gasteiger partial charge in [0.1, 0.15) is 24.0 Å². The minimum atomic E-state index is -1.21. The highest BCUT2D eigenvalue weighted by atomic mass is 35.5. The Balaban J connectivity index is 1.60. The molecule has 50 heavy (non-hydrogen) atoms. The van der Waals surface area contributed by atoms with Gasteiger partial charge in [-0.3, -0.25) is 14.4 Å². The van der Waals surface area contributed by atoms with Gasteiger partial charge in [-0.15, -0.1) is 0 Å². The molecule has 272 valence electrons. The fraction of sp³-hybridized carbons (Fsp3) is 0.526. The summed E-state index contributed by atoms with van der Waals surface area (Å²) in [4.78, 5) is 53.8. The number of cyclic esters (lactones) is 2. The maximum atomic E-state index is 13.7. The van der Waals surface area contributed by atoms with Gasteiger partial charge in [-0.1, -0.05) is 68.8 Å². The average Bonchev–Trinajstić information content (AvgIpc) is 3.87. The molecule has 11 nitrogen and oxygen atoms in total. The van der Waals surface area contributed by atoms with Crippen LogP contribution in [0.15, 0.2) is 54.6 Å². The fourth-order valence-corrected chi connectivity index (χ4v) is 6.11. The Morgan fingerprint density at radius 2 is 1.72 bits per heavy atom. The zero-order chi connectivity index (χ0) is 36.6. The largest absolute Gasteiger partial charge is 0.495 e. The van der Waals surface area contributed by atoms with E-state index in [2.05, 4.69) is 10.6 Å². The number of benzene rings is 2. The number of esters is 2. The van der Waals surface area contributed by atoms with Crippen molar-refractivity contribution < 1.29 is 43.2 Å². The third kappa shape index (κ3) is 10.5. The molecule has 2 aromatic carbocycles. The molecule has 0 aromatic heterocycles. The van der Waals surface area contributed by atoms with E-state index in [9.17, 15) is 24.3 Å². The lowest BCUT2D eigenvalue weighted by molar-refractivity contribution is -0.179. The quantitative estimate of drug-likeness (QED) is 0.236. The fourth-order valence-electron chi connectivity index (χ4n) is 5.83. The van der Waals surface area contributed by atoms with Crippen LogP contribution in [0.1, 0.15) is 70.3 Å². The molecule has 2 aromatic rings. The van der Waals surface area contributed by atoms with Gasteiger partial charge in [0.05, 0.1) is 23.7 Å². The smallest absolute Gasteiger partial charge is 0.347 e. The van der Waals surface area contributed by atoms with Gasteiger partial charge in [0.15, 0.2) is 6.10 Å². The first-order chi connectivity index (χ1) is 23.7. The molecule has 6 atom stereocenters. The molecule has 2 aliphatic heterocycles. The van der Waals surface area contributed by atoms with Gasteiger partial charge < -0.3 is 34.7 Å². The van der Waals surface area contributed by atoms with Gasteiger partial charge in [-0.2, -0.15) is 0 Å². The van der Waals surface area contributed by atoms with Crippen LogP contribution >= 0.6 is 11.6 Å². The number of aliphatic hydroxyl groups is 1. The molecule has 2 heterocycles. The van der Waals surface area contributed by atoms with Gasteiger partial charge in [0.25, 0.3) is 0 Å². The predicted octanol–water partition coefficient (Wildman–Crippen LogP) is 4.66. The van der Waals surface area contributed by atoms with Crippen LogP contribution in [0.5, 0.6) is 5.75 Å². The van der Waals surface area contributed by atoms with Crippen LogP contribution in [-0.4, -0.2) is 73.5 Å². The lowest BCUT2D eigenvalue weighted by Crippen LogP contribution is -2.51. The van der Waals surface area contributed by atoms with Crippen molar-refractivity contribution in [3.05, 3.63) is 76.3 Å². The Labute approximate surface area is 299 Å². The summed E-state index contributed by atoms with van der Waals surface area (Å²) in [6.45, 7) is 8.93. The maximum Gasteiger partial charge on any atom is 0.347 e. The Morgan fingerprint density at radius 1 is 1.02 bits per heavy atom. The van der Waals surface area contributed by atoms with Crippen molar-refractivity contribution in [1.29, 1.82) is 0 Å². The number of methoxy groups -OCH3 is 1. The highest BCUT2D eigenvalue weighted by molar-refractivity contribution is 6.32. The molecule has 0 aliphatic carbocycles. The zero-order valence-electron chi connectivity index (χ0n) is 29.6. The van der Waals surface area contributed by atoms with Crippen molar-refractivity contribution in [2.75, 3.05) is 20.3 Å². The summed E-state index contributed by atoms with van der Waals surface area (Å²) in [5, 5.41) is 15.1. The van der Waals surface area contributed by atoms with Gasteiger partial charge in [0, 0.05) is 31.9 Å². The molecule has 12 heteroatoms. The molecule has 0 unspecified atom stereocenters. The number of amides is 2. The van der Waals surface area contributed by atoms with Crippen LogP contribution in [0.4, 0.5) is 0 Å². The highest BCUT2D eigenvalue weighted by Crippen LogP contribution is 2.45. The molecule has 1 fully saturated rings. The summed E-state index contributed by atoms with van der Waals surface area (Å²) < 4.78 is 23.2. The van der Waals surface area contributed by atoms with Crippen molar-refractivity contribution in [3.8, 4) is 5.75 Å².